The van der Waals surface area contributed by atoms with Crippen LogP contribution in [0.3, 0.4) is 0 Å². The Morgan fingerprint density at radius 2 is 1.26 bits per heavy atom. The first-order chi connectivity index (χ1) is 27.8. The first-order valence-electron chi connectivity index (χ1n) is 18.8. The van der Waals surface area contributed by atoms with E-state index in [9.17, 15) is 0 Å². The molecule has 4 aliphatic rings. The van der Waals surface area contributed by atoms with Crippen LogP contribution in [0.4, 0.5) is 28.4 Å². The van der Waals surface area contributed by atoms with Gasteiger partial charge in [-0.25, -0.2) is 4.98 Å². The van der Waals surface area contributed by atoms with Crippen LogP contribution in [-0.4, -0.2) is 9.55 Å². The van der Waals surface area contributed by atoms with Crippen molar-refractivity contribution in [3.8, 4) is 17.3 Å². The van der Waals surface area contributed by atoms with Crippen molar-refractivity contribution in [2.24, 2.45) is 0 Å². The molecule has 0 bridgehead atoms. The van der Waals surface area contributed by atoms with Crippen LogP contribution in [-0.2, 0) is 26.5 Å². The van der Waals surface area contributed by atoms with E-state index in [1.165, 1.54) is 52.0 Å². The quantitative estimate of drug-likeness (QED) is 0.158. The van der Waals surface area contributed by atoms with E-state index < -0.39 is 0 Å². The predicted octanol–water partition coefficient (Wildman–Crippen LogP) is 13.6. The first kappa shape index (κ1) is 36.1. The molecule has 0 radical (unpaired) electrons. The third-order valence-electron chi connectivity index (χ3n) is 10.9. The molecular weight excluding hydrogens is 954 g/mol. The van der Waals surface area contributed by atoms with Crippen molar-refractivity contribution in [2.45, 2.75) is 55.6 Å². The molecule has 2 aromatic heterocycles. The standard InChI is InChI=1S/C48H32N5OS3.Pt/c1-48(2,3)29-19-20-49-44(23-29)52-36-12-5-4-11-34(36)35-18-17-33(27-37(35)52)54-32-10-6-9-30(24-32)50-21-22-51(28-50)31-25-42-47-43(26-31)57-41-16-8-14-39-46(41)53(47)45-38(55-39)13-7-15-40(45)56-42;/h4-23,25-26,28H,1-3H3;/q-3;. The molecule has 0 saturated heterocycles. The van der Waals surface area contributed by atoms with E-state index in [1.54, 1.807) is 0 Å². The number of para-hydroxylation sites is 3. The van der Waals surface area contributed by atoms with Gasteiger partial charge in [-0.2, -0.15) is 12.1 Å². The van der Waals surface area contributed by atoms with Crippen molar-refractivity contribution < 1.29 is 25.8 Å². The summed E-state index contributed by atoms with van der Waals surface area (Å²) in [4.78, 5) is 19.3. The van der Waals surface area contributed by atoms with E-state index in [0.29, 0.717) is 11.5 Å². The largest absolute Gasteiger partial charge is 0.509 e. The summed E-state index contributed by atoms with van der Waals surface area (Å²) in [7, 11) is 0. The maximum atomic E-state index is 6.51. The second-order valence-electron chi connectivity index (χ2n) is 15.5. The van der Waals surface area contributed by atoms with Gasteiger partial charge in [-0.15, -0.1) is 48.1 Å². The SMILES string of the molecule is CC(C)(C)c1ccnc(-n2c3[c-]c(Oc4[c-]c(N5C=CN(c6cc7c8c(c6)Sc6cccc9c6N8c6c(cccc6S7)S9)[CH-]5)ccc4)ccc3c3ccccc32)c1.[Pt]. The van der Waals surface area contributed by atoms with E-state index in [-0.39, 0.29) is 26.5 Å². The number of pyridine rings is 1. The minimum atomic E-state index is -0.00896. The smallest absolute Gasteiger partial charge is 0.135 e. The number of nitrogens with zero attached hydrogens (tertiary/aromatic N) is 5. The third-order valence-corrected chi connectivity index (χ3v) is 14.1. The topological polar surface area (TPSA) is 36.8 Å². The summed E-state index contributed by atoms with van der Waals surface area (Å²) >= 11 is 5.61. The molecule has 0 spiro atoms. The van der Waals surface area contributed by atoms with Gasteiger partial charge in [0.05, 0.1) is 17.1 Å². The van der Waals surface area contributed by atoms with Crippen molar-refractivity contribution in [1.82, 2.24) is 9.55 Å². The minimum absolute atomic E-state index is 0. The normalized spacial score (nSPS) is 14.6. The number of aromatic nitrogens is 2. The van der Waals surface area contributed by atoms with Crippen LogP contribution in [0.1, 0.15) is 26.3 Å². The Bertz CT molecular complexity index is 2970. The van der Waals surface area contributed by atoms with Crippen LogP contribution in [0.2, 0.25) is 0 Å². The maximum Gasteiger partial charge on any atom is 0.135 e. The molecule has 0 aliphatic carbocycles. The van der Waals surface area contributed by atoms with Crippen molar-refractivity contribution in [2.75, 3.05) is 14.7 Å². The van der Waals surface area contributed by atoms with Crippen molar-refractivity contribution >= 4 is 85.5 Å². The summed E-state index contributed by atoms with van der Waals surface area (Å²) in [5, 5.41) is 2.25. The minimum Gasteiger partial charge on any atom is -0.509 e. The van der Waals surface area contributed by atoms with Crippen molar-refractivity contribution in [1.29, 1.82) is 0 Å². The molecule has 6 heterocycles. The zero-order valence-corrected chi connectivity index (χ0v) is 36.2. The van der Waals surface area contributed by atoms with Crippen LogP contribution in [0.5, 0.6) is 11.5 Å². The molecule has 10 heteroatoms. The third kappa shape index (κ3) is 5.65. The zero-order chi connectivity index (χ0) is 38.0. The maximum absolute atomic E-state index is 6.51. The number of benzene rings is 6. The predicted molar refractivity (Wildman–Crippen MR) is 233 cm³/mol. The van der Waals surface area contributed by atoms with Crippen LogP contribution in [0.25, 0.3) is 27.6 Å². The Balaban J connectivity index is 0.00000385. The van der Waals surface area contributed by atoms with Gasteiger partial charge in [-0.1, -0.05) is 91.9 Å². The average Bonchev–Trinajstić information content (AvgIpc) is 3.84. The summed E-state index contributed by atoms with van der Waals surface area (Å²) < 4.78 is 8.70. The fourth-order valence-corrected chi connectivity index (χ4v) is 11.8. The number of hydrogen-bond donors (Lipinski definition) is 0. The van der Waals surface area contributed by atoms with Crippen LogP contribution in [0.15, 0.2) is 163 Å². The molecule has 6 aromatic carbocycles. The van der Waals surface area contributed by atoms with Crippen molar-refractivity contribution in [3.63, 3.8) is 0 Å². The molecule has 0 atom stereocenters. The molecule has 12 rings (SSSR count). The molecule has 0 saturated carbocycles. The summed E-state index contributed by atoms with van der Waals surface area (Å²) in [5.74, 6) is 2.09. The fraction of sp³-hybridized carbons (Fsp3) is 0.0833. The van der Waals surface area contributed by atoms with Crippen LogP contribution in [0, 0.1) is 18.8 Å². The van der Waals surface area contributed by atoms with Gasteiger partial charge >= 0.3 is 0 Å². The summed E-state index contributed by atoms with van der Waals surface area (Å²) in [6, 6.07) is 47.9. The van der Waals surface area contributed by atoms with Gasteiger partial charge in [0.2, 0.25) is 0 Å². The van der Waals surface area contributed by atoms with E-state index in [0.717, 1.165) is 39.0 Å². The molecule has 286 valence electrons. The Labute approximate surface area is 364 Å². The van der Waals surface area contributed by atoms with Gasteiger partial charge < -0.3 is 24.0 Å². The molecule has 8 aromatic rings. The van der Waals surface area contributed by atoms with Gasteiger partial charge in [0.25, 0.3) is 0 Å². The van der Waals surface area contributed by atoms with E-state index >= 15 is 0 Å². The molecule has 0 N–H and O–H groups in total. The molecule has 0 unspecified atom stereocenters. The number of ether oxygens (including phenoxy) is 1. The number of fused-ring (bicyclic) bond motifs is 3. The van der Waals surface area contributed by atoms with Gasteiger partial charge in [-0.05, 0) is 83.4 Å². The second-order valence-corrected chi connectivity index (χ2v) is 18.7. The Morgan fingerprint density at radius 3 is 1.98 bits per heavy atom. The molecule has 0 fully saturated rings. The average molecular weight is 986 g/mol. The molecule has 6 nitrogen and oxygen atoms in total. The molecule has 4 aliphatic heterocycles. The fourth-order valence-electron chi connectivity index (χ4n) is 8.15. The van der Waals surface area contributed by atoms with Gasteiger partial charge in [0.1, 0.15) is 5.82 Å². The molecule has 58 heavy (non-hydrogen) atoms. The number of rotatable bonds is 5. The monoisotopic (exact) mass is 985 g/mol. The summed E-state index contributed by atoms with van der Waals surface area (Å²) in [5.41, 5.74) is 9.12. The Kier molecular flexibility index (Phi) is 8.39. The first-order valence-corrected chi connectivity index (χ1v) is 21.3. The van der Waals surface area contributed by atoms with Crippen LogP contribution < -0.4 is 19.4 Å². The van der Waals surface area contributed by atoms with E-state index in [2.05, 4.69) is 168 Å². The number of hydrogen-bond acceptors (Lipinski definition) is 8. The molecule has 0 amide bonds. The van der Waals surface area contributed by atoms with E-state index in [1.807, 2.05) is 59.7 Å². The van der Waals surface area contributed by atoms with Gasteiger partial charge in [0, 0.05) is 79.3 Å². The van der Waals surface area contributed by atoms with Crippen molar-refractivity contribution in [3.05, 3.63) is 158 Å². The van der Waals surface area contributed by atoms with Gasteiger partial charge in [-0.3, -0.25) is 0 Å². The van der Waals surface area contributed by atoms with Crippen LogP contribution >= 0.6 is 35.3 Å². The second kappa shape index (κ2) is 13.5. The summed E-state index contributed by atoms with van der Waals surface area (Å²) in [6.45, 7) is 8.78. The Hall–Kier alpha value is -5.05. The summed E-state index contributed by atoms with van der Waals surface area (Å²) in [6.07, 6.45) is 6.08. The zero-order valence-electron chi connectivity index (χ0n) is 31.5. The van der Waals surface area contributed by atoms with E-state index in [4.69, 9.17) is 9.72 Å². The molecular formula is C48H32N5OPtS3-3. The van der Waals surface area contributed by atoms with Gasteiger partial charge in [0.15, 0.2) is 0 Å². The number of anilines is 5. The Morgan fingerprint density at radius 1 is 0.621 bits per heavy atom.